The van der Waals surface area contributed by atoms with Gasteiger partial charge in [-0.2, -0.15) is 0 Å². The van der Waals surface area contributed by atoms with Gasteiger partial charge in [-0.25, -0.2) is 0 Å². The molecule has 1 aromatic carbocycles. The molecule has 126 valence electrons. The van der Waals surface area contributed by atoms with Crippen molar-refractivity contribution in [2.24, 2.45) is 5.92 Å². The third kappa shape index (κ3) is 5.39. The van der Waals surface area contributed by atoms with Gasteiger partial charge in [0.25, 0.3) is 0 Å². The zero-order valence-corrected chi connectivity index (χ0v) is 13.9. The molecular formula is C19H26O4. The summed E-state index contributed by atoms with van der Waals surface area (Å²) >= 11 is 0. The number of allylic oxidation sites excluding steroid dienone is 1. The first-order valence-corrected chi connectivity index (χ1v) is 8.27. The van der Waals surface area contributed by atoms with E-state index in [1.54, 1.807) is 6.07 Å². The maximum atomic E-state index is 12.3. The molecule has 2 N–H and O–H groups in total. The van der Waals surface area contributed by atoms with Gasteiger partial charge in [0, 0.05) is 24.5 Å². The van der Waals surface area contributed by atoms with Crippen LogP contribution in [0.1, 0.15) is 50.7 Å². The fourth-order valence-corrected chi connectivity index (χ4v) is 2.88. The van der Waals surface area contributed by atoms with Crippen LogP contribution in [0.15, 0.2) is 24.3 Å². The van der Waals surface area contributed by atoms with Crippen molar-refractivity contribution in [2.45, 2.75) is 58.7 Å². The van der Waals surface area contributed by atoms with E-state index in [0.717, 1.165) is 19.3 Å². The molecule has 0 saturated heterocycles. The molecule has 0 fully saturated rings. The second-order valence-corrected chi connectivity index (χ2v) is 6.53. The fraction of sp³-hybridized carbons (Fsp3) is 0.526. The van der Waals surface area contributed by atoms with Crippen molar-refractivity contribution in [3.8, 4) is 11.5 Å². The van der Waals surface area contributed by atoms with E-state index in [1.807, 2.05) is 6.92 Å². The van der Waals surface area contributed by atoms with Crippen molar-refractivity contribution in [3.63, 3.8) is 0 Å². The quantitative estimate of drug-likeness (QED) is 0.712. The SMILES string of the molecule is CC1CC/C=C/C[C@H](C)OCc2c(O)cc(O)cc2CC(=O)C1. The molecule has 2 rings (SSSR count). The highest BCUT2D eigenvalue weighted by molar-refractivity contribution is 5.81. The summed E-state index contributed by atoms with van der Waals surface area (Å²) in [4.78, 5) is 12.3. The van der Waals surface area contributed by atoms with Crippen LogP contribution in [0.25, 0.3) is 0 Å². The maximum absolute atomic E-state index is 12.3. The number of ether oxygens (including phenoxy) is 1. The van der Waals surface area contributed by atoms with Gasteiger partial charge < -0.3 is 14.9 Å². The molecule has 0 radical (unpaired) electrons. The topological polar surface area (TPSA) is 66.8 Å². The van der Waals surface area contributed by atoms with Crippen LogP contribution in [-0.4, -0.2) is 22.1 Å². The van der Waals surface area contributed by atoms with Gasteiger partial charge in [-0.3, -0.25) is 4.79 Å². The van der Waals surface area contributed by atoms with Gasteiger partial charge in [0.1, 0.15) is 17.3 Å². The predicted molar refractivity (Wildman–Crippen MR) is 89.5 cm³/mol. The highest BCUT2D eigenvalue weighted by Crippen LogP contribution is 2.29. The lowest BCUT2D eigenvalue weighted by atomic mass is 9.93. The first kappa shape index (κ1) is 17.5. The zero-order chi connectivity index (χ0) is 16.8. The number of hydrogen-bond acceptors (Lipinski definition) is 4. The Balaban J connectivity index is 2.26. The molecule has 0 aromatic heterocycles. The number of ketones is 1. The molecule has 0 saturated carbocycles. The van der Waals surface area contributed by atoms with Gasteiger partial charge in [0.15, 0.2) is 0 Å². The van der Waals surface area contributed by atoms with Crippen LogP contribution in [0, 0.1) is 5.92 Å². The normalized spacial score (nSPS) is 25.4. The number of fused-ring (bicyclic) bond motifs is 1. The standard InChI is InChI=1S/C19H26O4/c1-13-6-4-3-5-7-14(2)23-12-18-15(9-16(20)8-13)10-17(21)11-19(18)22/h3,5,10-11,13-14,21-22H,4,6-9,12H2,1-2H3/b5-3+/t13?,14-/m0/s1. The Morgan fingerprint density at radius 2 is 1.96 bits per heavy atom. The van der Waals surface area contributed by atoms with Crippen LogP contribution in [0.3, 0.4) is 0 Å². The Morgan fingerprint density at radius 1 is 1.17 bits per heavy atom. The summed E-state index contributed by atoms with van der Waals surface area (Å²) in [6.45, 7) is 4.31. The van der Waals surface area contributed by atoms with Gasteiger partial charge in [-0.1, -0.05) is 19.1 Å². The fourth-order valence-electron chi connectivity index (χ4n) is 2.88. The summed E-state index contributed by atoms with van der Waals surface area (Å²) in [7, 11) is 0. The number of Topliss-reactive ketones (excluding diaryl/α,β-unsaturated/α-hetero) is 1. The van der Waals surface area contributed by atoms with Crippen molar-refractivity contribution < 1.29 is 19.7 Å². The van der Waals surface area contributed by atoms with Crippen molar-refractivity contribution in [1.82, 2.24) is 0 Å². The van der Waals surface area contributed by atoms with E-state index in [9.17, 15) is 15.0 Å². The average molecular weight is 318 g/mol. The Kier molecular flexibility index (Phi) is 6.22. The molecule has 2 atom stereocenters. The molecule has 1 aliphatic heterocycles. The highest BCUT2D eigenvalue weighted by atomic mass is 16.5. The molecule has 0 bridgehead atoms. The third-order valence-corrected chi connectivity index (χ3v) is 4.24. The molecule has 0 amide bonds. The van der Waals surface area contributed by atoms with Gasteiger partial charge in [0.05, 0.1) is 12.7 Å². The number of benzene rings is 1. The molecule has 23 heavy (non-hydrogen) atoms. The summed E-state index contributed by atoms with van der Waals surface area (Å²) in [6, 6.07) is 2.85. The Labute approximate surface area is 137 Å². The largest absolute Gasteiger partial charge is 0.508 e. The molecule has 0 spiro atoms. The highest BCUT2D eigenvalue weighted by Gasteiger charge is 2.17. The van der Waals surface area contributed by atoms with Crippen molar-refractivity contribution in [3.05, 3.63) is 35.4 Å². The van der Waals surface area contributed by atoms with Crippen LogP contribution in [0.4, 0.5) is 0 Å². The molecule has 0 aliphatic carbocycles. The summed E-state index contributed by atoms with van der Waals surface area (Å²) in [5.74, 6) is 0.408. The van der Waals surface area contributed by atoms with E-state index in [1.165, 1.54) is 6.07 Å². The number of phenolic OH excluding ortho intramolecular Hbond substituents is 2. The number of phenols is 2. The monoisotopic (exact) mass is 318 g/mol. The second kappa shape index (κ2) is 8.16. The number of hydrogen-bond donors (Lipinski definition) is 2. The summed E-state index contributed by atoms with van der Waals surface area (Å²) < 4.78 is 5.79. The second-order valence-electron chi connectivity index (χ2n) is 6.53. The first-order valence-electron chi connectivity index (χ1n) is 8.27. The van der Waals surface area contributed by atoms with Crippen molar-refractivity contribution in [2.75, 3.05) is 0 Å². The van der Waals surface area contributed by atoms with E-state index in [4.69, 9.17) is 4.74 Å². The van der Waals surface area contributed by atoms with E-state index < -0.39 is 0 Å². The summed E-state index contributed by atoms with van der Waals surface area (Å²) in [6.07, 6.45) is 7.80. The Morgan fingerprint density at radius 3 is 2.74 bits per heavy atom. The van der Waals surface area contributed by atoms with Crippen LogP contribution < -0.4 is 0 Å². The lowest BCUT2D eigenvalue weighted by Gasteiger charge is -2.17. The minimum absolute atomic E-state index is 0.0179. The van der Waals surface area contributed by atoms with E-state index in [0.29, 0.717) is 23.5 Å². The van der Waals surface area contributed by atoms with E-state index >= 15 is 0 Å². The Bertz CT molecular complexity index is 577. The van der Waals surface area contributed by atoms with Crippen LogP contribution in [0.5, 0.6) is 11.5 Å². The Hall–Kier alpha value is -1.81. The number of rotatable bonds is 0. The molecule has 1 unspecified atom stereocenters. The van der Waals surface area contributed by atoms with Crippen molar-refractivity contribution in [1.29, 1.82) is 0 Å². The van der Waals surface area contributed by atoms with Gasteiger partial charge in [-0.15, -0.1) is 0 Å². The van der Waals surface area contributed by atoms with Gasteiger partial charge in [-0.05, 0) is 43.7 Å². The van der Waals surface area contributed by atoms with Gasteiger partial charge in [0.2, 0.25) is 0 Å². The predicted octanol–water partition coefficient (Wildman–Crippen LogP) is 3.88. The molecule has 4 nitrogen and oxygen atoms in total. The smallest absolute Gasteiger partial charge is 0.137 e. The van der Waals surface area contributed by atoms with E-state index in [2.05, 4.69) is 19.1 Å². The van der Waals surface area contributed by atoms with Crippen molar-refractivity contribution >= 4 is 5.78 Å². The zero-order valence-electron chi connectivity index (χ0n) is 13.9. The number of carbonyl (C=O) groups excluding carboxylic acids is 1. The molecule has 1 aliphatic rings. The van der Waals surface area contributed by atoms with Gasteiger partial charge >= 0.3 is 0 Å². The summed E-state index contributed by atoms with van der Waals surface area (Å²) in [5.41, 5.74) is 1.25. The molecular weight excluding hydrogens is 292 g/mol. The van der Waals surface area contributed by atoms with Crippen LogP contribution >= 0.6 is 0 Å². The third-order valence-electron chi connectivity index (χ3n) is 4.24. The lowest BCUT2D eigenvalue weighted by Crippen LogP contribution is -2.13. The minimum atomic E-state index is -0.0285. The molecule has 1 aromatic rings. The number of aromatic hydroxyl groups is 2. The van der Waals surface area contributed by atoms with Crippen LogP contribution in [-0.2, 0) is 22.6 Å². The average Bonchev–Trinajstić information content (AvgIpc) is 2.44. The molecule has 4 heteroatoms. The summed E-state index contributed by atoms with van der Waals surface area (Å²) in [5, 5.41) is 19.8. The first-order chi connectivity index (χ1) is 11.0. The molecule has 1 heterocycles. The van der Waals surface area contributed by atoms with Crippen LogP contribution in [0.2, 0.25) is 0 Å². The lowest BCUT2D eigenvalue weighted by molar-refractivity contribution is -0.119. The maximum Gasteiger partial charge on any atom is 0.137 e. The van der Waals surface area contributed by atoms with E-state index in [-0.39, 0.29) is 36.4 Å². The minimum Gasteiger partial charge on any atom is -0.508 e. The number of carbonyl (C=O) groups is 1.